The van der Waals surface area contributed by atoms with Crippen LogP contribution in [0.3, 0.4) is 0 Å². The number of hydrogen-bond donors (Lipinski definition) is 2. The van der Waals surface area contributed by atoms with E-state index >= 15 is 0 Å². The van der Waals surface area contributed by atoms with Crippen molar-refractivity contribution in [3.8, 4) is 0 Å². The fourth-order valence-electron chi connectivity index (χ4n) is 2.59. The van der Waals surface area contributed by atoms with Crippen LogP contribution >= 0.6 is 0 Å². The maximum absolute atomic E-state index is 13.0. The molecule has 2 aliphatic rings. The number of carbonyl (C=O) groups excluding carboxylic acids is 1. The normalized spacial score (nSPS) is 21.0. The number of hydrogen-bond acceptors (Lipinski definition) is 4. The number of allylic oxidation sites excluding steroid dienone is 8. The number of benzene rings is 1. The van der Waals surface area contributed by atoms with E-state index in [0.29, 0.717) is 17.2 Å². The molecule has 1 aliphatic carbocycles. The number of halogens is 3. The molecule has 7 heteroatoms. The Morgan fingerprint density at radius 3 is 2.32 bits per heavy atom. The number of aliphatic hydroxyl groups excluding tert-OH is 1. The Morgan fingerprint density at radius 2 is 1.68 bits per heavy atom. The standard InChI is InChI=1S/C18H12F3NO3/c19-18(20,21)15-8-4-7-13(22(15)25)16-12(9-10-14(23)17(16)24)11-5-2-1-3-6-11/h1-10,23,25H. The Labute approximate surface area is 140 Å². The molecule has 1 heterocycles. The monoisotopic (exact) mass is 347 g/mol. The SMILES string of the molecule is O=C1C(O)=CC=C(c2ccccc2)C1=C1C=CC=C(C(F)(F)F)N1O. The van der Waals surface area contributed by atoms with E-state index in [4.69, 9.17) is 0 Å². The molecule has 1 aliphatic heterocycles. The van der Waals surface area contributed by atoms with Crippen LogP contribution < -0.4 is 0 Å². The molecule has 0 atom stereocenters. The number of nitrogens with zero attached hydrogens (tertiary/aromatic N) is 1. The highest BCUT2D eigenvalue weighted by Gasteiger charge is 2.41. The molecule has 128 valence electrons. The molecule has 0 fully saturated rings. The molecule has 1 aromatic carbocycles. The van der Waals surface area contributed by atoms with Crippen LogP contribution in [0, 0.1) is 0 Å². The summed E-state index contributed by atoms with van der Waals surface area (Å²) in [5, 5.41) is 19.7. The second-order valence-electron chi connectivity index (χ2n) is 5.31. The summed E-state index contributed by atoms with van der Waals surface area (Å²) in [5.41, 5.74) is -1.06. The first kappa shape index (κ1) is 16.8. The lowest BCUT2D eigenvalue weighted by Gasteiger charge is -2.28. The number of hydroxylamine groups is 2. The van der Waals surface area contributed by atoms with Gasteiger partial charge in [-0.15, -0.1) is 0 Å². The first-order valence-corrected chi connectivity index (χ1v) is 7.21. The molecule has 25 heavy (non-hydrogen) atoms. The van der Waals surface area contributed by atoms with Crippen LogP contribution in [-0.2, 0) is 4.79 Å². The summed E-state index contributed by atoms with van der Waals surface area (Å²) < 4.78 is 39.1. The second kappa shape index (κ2) is 6.10. The van der Waals surface area contributed by atoms with E-state index in [9.17, 15) is 28.3 Å². The van der Waals surface area contributed by atoms with Gasteiger partial charge >= 0.3 is 6.18 Å². The average molecular weight is 347 g/mol. The Morgan fingerprint density at radius 1 is 1.00 bits per heavy atom. The van der Waals surface area contributed by atoms with Crippen molar-refractivity contribution < 1.29 is 28.3 Å². The molecular weight excluding hydrogens is 335 g/mol. The Bertz CT molecular complexity index is 875. The second-order valence-corrected chi connectivity index (χ2v) is 5.31. The number of ketones is 1. The molecule has 0 aromatic heterocycles. The van der Waals surface area contributed by atoms with E-state index < -0.39 is 23.4 Å². The van der Waals surface area contributed by atoms with Gasteiger partial charge in [0.15, 0.2) is 11.5 Å². The van der Waals surface area contributed by atoms with Gasteiger partial charge in [0.1, 0.15) is 0 Å². The third-order valence-electron chi connectivity index (χ3n) is 3.73. The zero-order chi connectivity index (χ0) is 18.2. The molecule has 0 unspecified atom stereocenters. The summed E-state index contributed by atoms with van der Waals surface area (Å²) in [7, 11) is 0. The highest BCUT2D eigenvalue weighted by atomic mass is 19.4. The largest absolute Gasteiger partial charge is 0.504 e. The molecule has 0 amide bonds. The van der Waals surface area contributed by atoms with E-state index in [-0.39, 0.29) is 16.3 Å². The molecule has 1 aromatic rings. The van der Waals surface area contributed by atoms with Crippen molar-refractivity contribution in [2.75, 3.05) is 0 Å². The van der Waals surface area contributed by atoms with Crippen LogP contribution in [0.15, 0.2) is 83.4 Å². The first-order valence-electron chi connectivity index (χ1n) is 7.21. The van der Waals surface area contributed by atoms with Gasteiger partial charge in [-0.3, -0.25) is 10.0 Å². The maximum Gasteiger partial charge on any atom is 0.433 e. The van der Waals surface area contributed by atoms with E-state index in [2.05, 4.69) is 0 Å². The average Bonchev–Trinajstić information content (AvgIpc) is 2.57. The van der Waals surface area contributed by atoms with Gasteiger partial charge in [0.25, 0.3) is 0 Å². The topological polar surface area (TPSA) is 60.8 Å². The predicted octanol–water partition coefficient (Wildman–Crippen LogP) is 4.06. The van der Waals surface area contributed by atoms with E-state index in [1.807, 2.05) is 0 Å². The summed E-state index contributed by atoms with van der Waals surface area (Å²) in [4.78, 5) is 12.4. The van der Waals surface area contributed by atoms with E-state index in [0.717, 1.165) is 6.08 Å². The van der Waals surface area contributed by atoms with Crippen LogP contribution in [0.25, 0.3) is 5.57 Å². The molecule has 0 radical (unpaired) electrons. The van der Waals surface area contributed by atoms with Gasteiger partial charge < -0.3 is 5.11 Å². The molecule has 0 saturated heterocycles. The Hall–Kier alpha value is -3.06. The van der Waals surface area contributed by atoms with Crippen LogP contribution in [0.5, 0.6) is 0 Å². The van der Waals surface area contributed by atoms with Crippen LogP contribution in [0.4, 0.5) is 13.2 Å². The Balaban J connectivity index is 2.19. The smallest absolute Gasteiger partial charge is 0.433 e. The third kappa shape index (κ3) is 3.01. The summed E-state index contributed by atoms with van der Waals surface area (Å²) in [6, 6.07) is 8.50. The summed E-state index contributed by atoms with van der Waals surface area (Å²) >= 11 is 0. The van der Waals surface area contributed by atoms with Crippen molar-refractivity contribution in [1.82, 2.24) is 5.06 Å². The highest BCUT2D eigenvalue weighted by molar-refractivity contribution is 6.20. The number of carbonyl (C=O) groups is 1. The fraction of sp³-hybridized carbons (Fsp3) is 0.0556. The molecule has 0 saturated carbocycles. The van der Waals surface area contributed by atoms with Gasteiger partial charge in [-0.2, -0.15) is 13.2 Å². The predicted molar refractivity (Wildman–Crippen MR) is 84.1 cm³/mol. The number of Topliss-reactive ketones (excluding diaryl/α,β-unsaturated/α-hetero) is 1. The van der Waals surface area contributed by atoms with Gasteiger partial charge in [0.2, 0.25) is 5.78 Å². The summed E-state index contributed by atoms with van der Waals surface area (Å²) in [5.74, 6) is -1.49. The fourth-order valence-corrected chi connectivity index (χ4v) is 2.59. The van der Waals surface area contributed by atoms with Crippen molar-refractivity contribution in [1.29, 1.82) is 0 Å². The molecule has 2 N–H and O–H groups in total. The van der Waals surface area contributed by atoms with Crippen LogP contribution in [0.2, 0.25) is 0 Å². The molecular formula is C18H12F3NO3. The molecule has 0 spiro atoms. The van der Waals surface area contributed by atoms with Gasteiger partial charge in [0, 0.05) is 0 Å². The van der Waals surface area contributed by atoms with Crippen molar-refractivity contribution in [2.24, 2.45) is 0 Å². The van der Waals surface area contributed by atoms with Gasteiger partial charge in [-0.1, -0.05) is 36.4 Å². The van der Waals surface area contributed by atoms with Crippen molar-refractivity contribution in [2.45, 2.75) is 6.18 Å². The maximum atomic E-state index is 13.0. The van der Waals surface area contributed by atoms with Crippen molar-refractivity contribution in [3.05, 3.63) is 89.0 Å². The first-order chi connectivity index (χ1) is 11.8. The lowest BCUT2D eigenvalue weighted by molar-refractivity contribution is -0.151. The lowest BCUT2D eigenvalue weighted by Crippen LogP contribution is -2.31. The van der Waals surface area contributed by atoms with Gasteiger partial charge in [0.05, 0.1) is 11.3 Å². The number of rotatable bonds is 1. The van der Waals surface area contributed by atoms with Crippen molar-refractivity contribution in [3.63, 3.8) is 0 Å². The minimum absolute atomic E-state index is 0.0807. The van der Waals surface area contributed by atoms with Gasteiger partial charge in [-0.05, 0) is 35.4 Å². The Kier molecular flexibility index (Phi) is 4.10. The van der Waals surface area contributed by atoms with Gasteiger partial charge in [-0.25, -0.2) is 5.06 Å². The van der Waals surface area contributed by atoms with Crippen LogP contribution in [-0.4, -0.2) is 27.3 Å². The van der Waals surface area contributed by atoms with Crippen molar-refractivity contribution >= 4 is 11.4 Å². The number of aliphatic hydroxyl groups is 1. The lowest BCUT2D eigenvalue weighted by atomic mass is 9.88. The summed E-state index contributed by atoms with van der Waals surface area (Å²) in [6.07, 6.45) is 0.739. The summed E-state index contributed by atoms with van der Waals surface area (Å²) in [6.45, 7) is 0. The minimum Gasteiger partial charge on any atom is -0.504 e. The zero-order valence-corrected chi connectivity index (χ0v) is 12.7. The minimum atomic E-state index is -4.81. The van der Waals surface area contributed by atoms with Crippen LogP contribution in [0.1, 0.15) is 5.56 Å². The molecule has 3 rings (SSSR count). The zero-order valence-electron chi connectivity index (χ0n) is 12.7. The number of alkyl halides is 3. The third-order valence-corrected chi connectivity index (χ3v) is 3.73. The van der Waals surface area contributed by atoms with E-state index in [1.165, 1.54) is 18.2 Å². The van der Waals surface area contributed by atoms with E-state index in [1.54, 1.807) is 30.3 Å². The quantitative estimate of drug-likeness (QED) is 0.752. The molecule has 4 nitrogen and oxygen atoms in total. The highest BCUT2D eigenvalue weighted by Crippen LogP contribution is 2.38. The molecule has 0 bridgehead atoms.